The number of carbonyl (C=O) groups is 1. The Morgan fingerprint density at radius 3 is 2.41 bits per heavy atom. The molecule has 0 amide bonds. The minimum Gasteiger partial charge on any atom is -0.611 e. The van der Waals surface area contributed by atoms with Crippen molar-refractivity contribution in [3.63, 3.8) is 0 Å². The monoisotopic (exact) mass is 438 g/mol. The molecule has 0 radical (unpaired) electrons. The van der Waals surface area contributed by atoms with Crippen LogP contribution in [0.1, 0.15) is 48.2 Å². The molecule has 0 fully saturated rings. The van der Waals surface area contributed by atoms with Gasteiger partial charge in [0.25, 0.3) is 0 Å². The Balaban J connectivity index is 2.72. The number of carboxylic acids is 1. The Bertz CT molecular complexity index is 963. The molecular weight excluding hydrogens is 412 g/mol. The van der Waals surface area contributed by atoms with E-state index in [1.807, 2.05) is 37.3 Å². The average molecular weight is 439 g/mol. The molecule has 0 saturated carbocycles. The number of nitrogens with two attached hydrogens (primary N) is 1. The zero-order valence-electron chi connectivity index (χ0n) is 16.5. The number of primary sulfonamides is 1. The van der Waals surface area contributed by atoms with Crippen LogP contribution in [0.15, 0.2) is 46.2 Å². The Labute approximate surface area is 174 Å². The number of benzene rings is 2. The minimum absolute atomic E-state index is 0.0544. The van der Waals surface area contributed by atoms with Gasteiger partial charge in [-0.05, 0) is 41.2 Å². The van der Waals surface area contributed by atoms with Crippen LogP contribution in [0, 0.1) is 0 Å². The third-order valence-electron chi connectivity index (χ3n) is 4.47. The maximum Gasteiger partial charge on any atom is 0.336 e. The van der Waals surface area contributed by atoms with Crippen LogP contribution in [0.25, 0.3) is 0 Å². The van der Waals surface area contributed by atoms with Crippen LogP contribution in [0.3, 0.4) is 0 Å². The van der Waals surface area contributed by atoms with Gasteiger partial charge in [0.1, 0.15) is 10.6 Å². The van der Waals surface area contributed by atoms with Gasteiger partial charge in [-0.15, -0.1) is 0 Å². The van der Waals surface area contributed by atoms with E-state index in [0.717, 1.165) is 18.1 Å². The van der Waals surface area contributed by atoms with Gasteiger partial charge < -0.3 is 15.0 Å². The summed E-state index contributed by atoms with van der Waals surface area (Å²) in [4.78, 5) is 11.4. The molecule has 0 saturated heterocycles. The Morgan fingerprint density at radius 2 is 1.90 bits per heavy atom. The predicted octanol–water partition coefficient (Wildman–Crippen LogP) is 3.11. The molecule has 0 aliphatic rings. The number of aromatic carboxylic acids is 1. The molecule has 9 heteroatoms. The zero-order valence-corrected chi connectivity index (χ0v) is 18.1. The minimum atomic E-state index is -4.29. The summed E-state index contributed by atoms with van der Waals surface area (Å²) < 4.78 is 37.6. The number of unbranched alkanes of at least 4 members (excludes halogenated alkanes) is 1. The highest BCUT2D eigenvalue weighted by atomic mass is 32.2. The van der Waals surface area contributed by atoms with E-state index in [9.17, 15) is 22.9 Å². The summed E-state index contributed by atoms with van der Waals surface area (Å²) in [6, 6.07) is 10.4. The van der Waals surface area contributed by atoms with Gasteiger partial charge >= 0.3 is 5.97 Å². The summed E-state index contributed by atoms with van der Waals surface area (Å²) in [5.74, 6) is -1.00. The van der Waals surface area contributed by atoms with E-state index in [2.05, 4.69) is 5.32 Å². The quantitative estimate of drug-likeness (QED) is 0.488. The lowest BCUT2D eigenvalue weighted by Gasteiger charge is -2.22. The third-order valence-corrected chi connectivity index (χ3v) is 7.07. The van der Waals surface area contributed by atoms with E-state index in [-0.39, 0.29) is 21.9 Å². The molecule has 2 aromatic carbocycles. The molecule has 0 spiro atoms. The summed E-state index contributed by atoms with van der Waals surface area (Å²) in [7, 11) is -4.29. The van der Waals surface area contributed by atoms with Crippen LogP contribution in [-0.4, -0.2) is 29.8 Å². The topological polar surface area (TPSA) is 133 Å². The van der Waals surface area contributed by atoms with E-state index < -0.39 is 32.1 Å². The molecule has 2 aromatic rings. The fraction of sp³-hybridized carbons (Fsp3) is 0.350. The molecule has 1 unspecified atom stereocenters. The van der Waals surface area contributed by atoms with E-state index in [0.29, 0.717) is 24.9 Å². The molecule has 4 N–H and O–H groups in total. The Morgan fingerprint density at radius 1 is 1.24 bits per heavy atom. The van der Waals surface area contributed by atoms with E-state index in [4.69, 9.17) is 5.14 Å². The lowest BCUT2D eigenvalue weighted by molar-refractivity contribution is 0.0695. The summed E-state index contributed by atoms with van der Waals surface area (Å²) in [6.45, 7) is 4.03. The number of hydrogen-bond donors (Lipinski definition) is 3. The molecule has 0 aliphatic carbocycles. The Kier molecular flexibility index (Phi) is 8.09. The van der Waals surface area contributed by atoms with Gasteiger partial charge in [0.2, 0.25) is 10.0 Å². The van der Waals surface area contributed by atoms with Crippen molar-refractivity contribution >= 4 is 32.9 Å². The third kappa shape index (κ3) is 5.72. The second kappa shape index (κ2) is 10.1. The SMILES string of the molecule is CCCC[S+]([O-])c1c(S(N)(=O)=O)cc(C(=O)O)c(CC)c1NCc1ccccc1. The fourth-order valence-corrected chi connectivity index (χ4v) is 5.76. The standard InChI is InChI=1S/C20H26N2O5S2/c1-3-5-11-28(25)19-17(29(21,26)27)12-16(20(23)24)15(4-2)18(19)22-13-14-9-7-6-8-10-14/h6-10,12,22H,3-5,11,13H2,1-2H3,(H,23,24)(H2,21,26,27). The van der Waals surface area contributed by atoms with Crippen LogP contribution in [0.2, 0.25) is 0 Å². The highest BCUT2D eigenvalue weighted by Gasteiger charge is 2.32. The molecule has 0 heterocycles. The van der Waals surface area contributed by atoms with Crippen molar-refractivity contribution < 1.29 is 22.9 Å². The van der Waals surface area contributed by atoms with Crippen molar-refractivity contribution in [3.8, 4) is 0 Å². The highest BCUT2D eigenvalue weighted by molar-refractivity contribution is 7.93. The molecule has 0 aromatic heterocycles. The number of hydrogen-bond acceptors (Lipinski definition) is 5. The zero-order chi connectivity index (χ0) is 21.6. The fourth-order valence-electron chi connectivity index (χ4n) is 3.02. The molecule has 29 heavy (non-hydrogen) atoms. The number of anilines is 1. The summed E-state index contributed by atoms with van der Waals surface area (Å²) in [5, 5.41) is 18.1. The Hall–Kier alpha value is -2.07. The normalized spacial score (nSPS) is 12.6. The predicted molar refractivity (Wildman–Crippen MR) is 114 cm³/mol. The summed E-state index contributed by atoms with van der Waals surface area (Å²) in [6.07, 6.45) is 1.75. The van der Waals surface area contributed by atoms with E-state index in [1.165, 1.54) is 0 Å². The first kappa shape index (κ1) is 23.2. The number of nitrogens with one attached hydrogen (secondary N) is 1. The molecule has 0 aliphatic heterocycles. The van der Waals surface area contributed by atoms with Gasteiger partial charge in [0.05, 0.1) is 11.3 Å². The van der Waals surface area contributed by atoms with Crippen LogP contribution in [0.5, 0.6) is 0 Å². The molecule has 158 valence electrons. The number of rotatable bonds is 10. The molecule has 0 bridgehead atoms. The van der Waals surface area contributed by atoms with Gasteiger partial charge in [-0.3, -0.25) is 0 Å². The molecular formula is C20H26N2O5S2. The summed E-state index contributed by atoms with van der Waals surface area (Å²) in [5.41, 5.74) is 1.43. The van der Waals surface area contributed by atoms with E-state index in [1.54, 1.807) is 6.92 Å². The van der Waals surface area contributed by atoms with Gasteiger partial charge in [0.15, 0.2) is 4.90 Å². The van der Waals surface area contributed by atoms with Crippen molar-refractivity contribution in [2.75, 3.05) is 11.1 Å². The van der Waals surface area contributed by atoms with Gasteiger partial charge in [-0.25, -0.2) is 18.4 Å². The van der Waals surface area contributed by atoms with Gasteiger partial charge in [0, 0.05) is 6.54 Å². The first-order valence-electron chi connectivity index (χ1n) is 9.32. The number of carboxylic acid groups (broad SMARTS) is 1. The lowest BCUT2D eigenvalue weighted by atomic mass is 10.0. The van der Waals surface area contributed by atoms with Crippen LogP contribution < -0.4 is 10.5 Å². The lowest BCUT2D eigenvalue weighted by Crippen LogP contribution is -2.23. The van der Waals surface area contributed by atoms with Crippen molar-refractivity contribution in [2.45, 2.75) is 49.4 Å². The first-order chi connectivity index (χ1) is 13.7. The number of sulfonamides is 1. The average Bonchev–Trinajstić information content (AvgIpc) is 2.68. The second-order valence-corrected chi connectivity index (χ2v) is 9.59. The molecule has 2 rings (SSSR count). The maximum atomic E-state index is 13.1. The van der Waals surface area contributed by atoms with Crippen molar-refractivity contribution in [1.29, 1.82) is 0 Å². The van der Waals surface area contributed by atoms with Crippen molar-refractivity contribution in [3.05, 3.63) is 53.1 Å². The molecule has 7 nitrogen and oxygen atoms in total. The van der Waals surface area contributed by atoms with Crippen LogP contribution in [-0.2, 0) is 34.2 Å². The maximum absolute atomic E-state index is 13.1. The first-order valence-corrected chi connectivity index (χ1v) is 12.2. The smallest absolute Gasteiger partial charge is 0.336 e. The van der Waals surface area contributed by atoms with E-state index >= 15 is 0 Å². The van der Waals surface area contributed by atoms with Crippen molar-refractivity contribution in [2.24, 2.45) is 5.14 Å². The molecule has 1 atom stereocenters. The van der Waals surface area contributed by atoms with Crippen LogP contribution in [0.4, 0.5) is 5.69 Å². The largest absolute Gasteiger partial charge is 0.611 e. The van der Waals surface area contributed by atoms with Gasteiger partial charge in [-0.2, -0.15) is 0 Å². The highest BCUT2D eigenvalue weighted by Crippen LogP contribution is 2.36. The van der Waals surface area contributed by atoms with Gasteiger partial charge in [-0.1, -0.05) is 50.6 Å². The van der Waals surface area contributed by atoms with Crippen LogP contribution >= 0.6 is 0 Å². The summed E-state index contributed by atoms with van der Waals surface area (Å²) >= 11 is -1.66. The van der Waals surface area contributed by atoms with Crippen molar-refractivity contribution in [1.82, 2.24) is 0 Å². The second-order valence-electron chi connectivity index (χ2n) is 6.55.